The molecule has 4 heteroatoms. The summed E-state index contributed by atoms with van der Waals surface area (Å²) in [5, 5.41) is 0.992. The molecule has 2 nitrogen and oxygen atoms in total. The van der Waals surface area contributed by atoms with Gasteiger partial charge < -0.3 is 4.90 Å². The Balaban J connectivity index is 2.05. The highest BCUT2D eigenvalue weighted by Crippen LogP contribution is 2.26. The highest BCUT2D eigenvalue weighted by Gasteiger charge is 2.13. The number of hydrogen-bond donors (Lipinski definition) is 0. The number of piperidine rings is 1. The van der Waals surface area contributed by atoms with Gasteiger partial charge in [0.2, 0.25) is 5.91 Å². The van der Waals surface area contributed by atoms with Gasteiger partial charge in [0.25, 0.3) is 0 Å². The monoisotopic (exact) mass is 283 g/mol. The highest BCUT2D eigenvalue weighted by molar-refractivity contribution is 6.42. The van der Waals surface area contributed by atoms with Crippen LogP contribution in [0.5, 0.6) is 0 Å². The number of nitrogens with zero attached hydrogens (tertiary/aromatic N) is 1. The molecule has 1 aromatic carbocycles. The van der Waals surface area contributed by atoms with Crippen molar-refractivity contribution >= 4 is 35.2 Å². The van der Waals surface area contributed by atoms with Crippen molar-refractivity contribution in [1.29, 1.82) is 0 Å². The van der Waals surface area contributed by atoms with Crippen LogP contribution in [0.1, 0.15) is 24.8 Å². The Kier molecular flexibility index (Phi) is 4.67. The minimum atomic E-state index is 0.0470. The van der Waals surface area contributed by atoms with Crippen LogP contribution in [0.2, 0.25) is 10.0 Å². The van der Waals surface area contributed by atoms with Crippen LogP contribution >= 0.6 is 23.2 Å². The zero-order valence-corrected chi connectivity index (χ0v) is 11.5. The average molecular weight is 284 g/mol. The molecule has 96 valence electrons. The minimum absolute atomic E-state index is 0.0470. The van der Waals surface area contributed by atoms with Crippen LogP contribution in [0, 0.1) is 0 Å². The molecule has 0 radical (unpaired) electrons. The van der Waals surface area contributed by atoms with Gasteiger partial charge in [-0.3, -0.25) is 4.79 Å². The van der Waals surface area contributed by atoms with E-state index in [1.807, 2.05) is 17.0 Å². The van der Waals surface area contributed by atoms with Gasteiger partial charge in [-0.15, -0.1) is 0 Å². The van der Waals surface area contributed by atoms with Crippen molar-refractivity contribution in [2.45, 2.75) is 19.3 Å². The zero-order valence-electron chi connectivity index (χ0n) is 10.0. The van der Waals surface area contributed by atoms with Crippen LogP contribution in [0.3, 0.4) is 0 Å². The number of halogens is 2. The van der Waals surface area contributed by atoms with E-state index < -0.39 is 0 Å². The summed E-state index contributed by atoms with van der Waals surface area (Å²) in [6.07, 6.45) is 6.70. The number of hydrogen-bond acceptors (Lipinski definition) is 1. The molecule has 1 heterocycles. The number of amides is 1. The van der Waals surface area contributed by atoms with E-state index in [9.17, 15) is 4.79 Å². The molecule has 0 aliphatic carbocycles. The Morgan fingerprint density at radius 3 is 2.61 bits per heavy atom. The Hall–Kier alpha value is -0.990. The Bertz CT molecular complexity index is 465. The molecule has 0 N–H and O–H groups in total. The van der Waals surface area contributed by atoms with Gasteiger partial charge in [-0.25, -0.2) is 0 Å². The van der Waals surface area contributed by atoms with E-state index in [1.165, 1.54) is 6.42 Å². The van der Waals surface area contributed by atoms with Gasteiger partial charge >= 0.3 is 0 Å². The van der Waals surface area contributed by atoms with E-state index >= 15 is 0 Å². The maximum absolute atomic E-state index is 11.9. The second-order valence-electron chi connectivity index (χ2n) is 4.36. The second-order valence-corrected chi connectivity index (χ2v) is 5.15. The van der Waals surface area contributed by atoms with E-state index in [1.54, 1.807) is 18.2 Å². The lowest BCUT2D eigenvalue weighted by Crippen LogP contribution is -2.34. The molecular weight excluding hydrogens is 269 g/mol. The number of carbonyl (C=O) groups is 1. The van der Waals surface area contributed by atoms with E-state index in [4.69, 9.17) is 23.2 Å². The topological polar surface area (TPSA) is 20.3 Å². The minimum Gasteiger partial charge on any atom is -0.339 e. The normalized spacial score (nSPS) is 16.2. The van der Waals surface area contributed by atoms with Crippen LogP contribution in [0.4, 0.5) is 0 Å². The van der Waals surface area contributed by atoms with Crippen molar-refractivity contribution in [1.82, 2.24) is 4.90 Å². The van der Waals surface area contributed by atoms with Gasteiger partial charge in [0.05, 0.1) is 10.0 Å². The van der Waals surface area contributed by atoms with E-state index in [-0.39, 0.29) is 5.91 Å². The van der Waals surface area contributed by atoms with Crippen LogP contribution in [-0.4, -0.2) is 23.9 Å². The van der Waals surface area contributed by atoms with Gasteiger partial charge in [-0.2, -0.15) is 0 Å². The maximum Gasteiger partial charge on any atom is 0.246 e. The van der Waals surface area contributed by atoms with E-state index in [2.05, 4.69) is 0 Å². The highest BCUT2D eigenvalue weighted by atomic mass is 35.5. The lowest BCUT2D eigenvalue weighted by atomic mass is 10.1. The predicted octanol–water partition coefficient (Wildman–Crippen LogP) is 4.02. The third kappa shape index (κ3) is 3.27. The number of rotatable bonds is 2. The standard InChI is InChI=1S/C14H15Cl2NO/c15-12-6-4-5-11(14(12)16)7-8-13(18)17-9-2-1-3-10-17/h4-8H,1-3,9-10H2. The van der Waals surface area contributed by atoms with Gasteiger partial charge in [-0.05, 0) is 37.0 Å². The first-order chi connectivity index (χ1) is 8.68. The molecule has 1 amide bonds. The Morgan fingerprint density at radius 2 is 1.89 bits per heavy atom. The summed E-state index contributed by atoms with van der Waals surface area (Å²) >= 11 is 12.0. The SMILES string of the molecule is O=C(C=Cc1cccc(Cl)c1Cl)N1CCCCC1. The fraction of sp³-hybridized carbons (Fsp3) is 0.357. The molecule has 0 bridgehead atoms. The first kappa shape index (κ1) is 13.4. The smallest absolute Gasteiger partial charge is 0.246 e. The molecule has 1 aliphatic rings. The van der Waals surface area contributed by atoms with E-state index in [0.29, 0.717) is 10.0 Å². The maximum atomic E-state index is 11.9. The predicted molar refractivity (Wildman–Crippen MR) is 75.9 cm³/mol. The number of likely N-dealkylation sites (tertiary alicyclic amines) is 1. The number of benzene rings is 1. The van der Waals surface area contributed by atoms with Crippen molar-refractivity contribution in [3.63, 3.8) is 0 Å². The van der Waals surface area contributed by atoms with Crippen LogP contribution in [0.25, 0.3) is 6.08 Å². The summed E-state index contributed by atoms with van der Waals surface area (Å²) in [5.74, 6) is 0.0470. The first-order valence-electron chi connectivity index (χ1n) is 6.09. The Morgan fingerprint density at radius 1 is 1.17 bits per heavy atom. The first-order valence-corrected chi connectivity index (χ1v) is 6.85. The van der Waals surface area contributed by atoms with Crippen molar-refractivity contribution in [3.05, 3.63) is 39.9 Å². The Labute approximate surface area is 117 Å². The zero-order chi connectivity index (χ0) is 13.0. The molecule has 0 atom stereocenters. The molecule has 0 saturated carbocycles. The molecule has 1 aliphatic heterocycles. The molecule has 1 fully saturated rings. The molecule has 2 rings (SSSR count). The molecule has 0 aromatic heterocycles. The molecule has 1 saturated heterocycles. The van der Waals surface area contributed by atoms with Gasteiger partial charge in [0.15, 0.2) is 0 Å². The summed E-state index contributed by atoms with van der Waals surface area (Å²) in [5.41, 5.74) is 0.773. The van der Waals surface area contributed by atoms with Crippen molar-refractivity contribution in [2.24, 2.45) is 0 Å². The third-order valence-corrected chi connectivity index (χ3v) is 3.89. The van der Waals surface area contributed by atoms with Crippen LogP contribution < -0.4 is 0 Å². The third-order valence-electron chi connectivity index (χ3n) is 3.05. The van der Waals surface area contributed by atoms with Gasteiger partial charge in [0.1, 0.15) is 0 Å². The van der Waals surface area contributed by atoms with Crippen molar-refractivity contribution < 1.29 is 4.79 Å². The molecule has 0 unspecified atom stereocenters. The number of carbonyl (C=O) groups excluding carboxylic acids is 1. The quantitative estimate of drug-likeness (QED) is 0.751. The largest absolute Gasteiger partial charge is 0.339 e. The summed E-state index contributed by atoms with van der Waals surface area (Å²) in [4.78, 5) is 13.8. The molecular formula is C14H15Cl2NO. The summed E-state index contributed by atoms with van der Waals surface area (Å²) in [6.45, 7) is 1.71. The lowest BCUT2D eigenvalue weighted by Gasteiger charge is -2.25. The summed E-state index contributed by atoms with van der Waals surface area (Å²) in [6, 6.07) is 5.39. The molecule has 1 aromatic rings. The molecule has 18 heavy (non-hydrogen) atoms. The van der Waals surface area contributed by atoms with Crippen molar-refractivity contribution in [3.8, 4) is 0 Å². The van der Waals surface area contributed by atoms with Crippen molar-refractivity contribution in [2.75, 3.05) is 13.1 Å². The van der Waals surface area contributed by atoms with Crippen LogP contribution in [-0.2, 0) is 4.79 Å². The molecule has 0 spiro atoms. The van der Waals surface area contributed by atoms with Gasteiger partial charge in [-0.1, -0.05) is 35.3 Å². The van der Waals surface area contributed by atoms with Crippen LogP contribution in [0.15, 0.2) is 24.3 Å². The van der Waals surface area contributed by atoms with E-state index in [0.717, 1.165) is 31.5 Å². The second kappa shape index (κ2) is 6.26. The summed E-state index contributed by atoms with van der Waals surface area (Å²) in [7, 11) is 0. The van der Waals surface area contributed by atoms with Gasteiger partial charge in [0, 0.05) is 19.2 Å². The average Bonchev–Trinajstić information content (AvgIpc) is 2.41. The summed E-state index contributed by atoms with van der Waals surface area (Å²) < 4.78 is 0. The fourth-order valence-electron chi connectivity index (χ4n) is 2.03. The lowest BCUT2D eigenvalue weighted by molar-refractivity contribution is -0.126. The fourth-order valence-corrected chi connectivity index (χ4v) is 2.40.